The summed E-state index contributed by atoms with van der Waals surface area (Å²) in [5, 5.41) is 7.10. The van der Waals surface area contributed by atoms with Crippen molar-refractivity contribution in [2.24, 2.45) is 0 Å². The van der Waals surface area contributed by atoms with Crippen LogP contribution in [0.25, 0.3) is 0 Å². The Balaban J connectivity index is 1.74. The Bertz CT molecular complexity index is 457. The topological polar surface area (TPSA) is 60.2 Å². The van der Waals surface area contributed by atoms with Gasteiger partial charge in [-0.1, -0.05) is 29.4 Å². The molecule has 0 saturated carbocycles. The zero-order valence-electron chi connectivity index (χ0n) is 10.4. The number of hydrogen-bond acceptors (Lipinski definition) is 5. The van der Waals surface area contributed by atoms with Gasteiger partial charge in [0, 0.05) is 26.6 Å². The summed E-state index contributed by atoms with van der Waals surface area (Å²) in [6, 6.07) is 8.35. The number of nitrogens with zero attached hydrogens (tertiary/aromatic N) is 2. The number of ether oxygens (including phenoxy) is 1. The Hall–Kier alpha value is -1.72. The normalized spacial score (nSPS) is 10.7. The quantitative estimate of drug-likeness (QED) is 0.752. The van der Waals surface area contributed by atoms with Crippen LogP contribution in [0.2, 0.25) is 0 Å². The maximum Gasteiger partial charge on any atom is 0.213 e. The van der Waals surface area contributed by atoms with Crippen LogP contribution in [0.5, 0.6) is 0 Å². The molecule has 0 unspecified atom stereocenters. The van der Waals surface area contributed by atoms with Crippen LogP contribution in [0.1, 0.15) is 17.0 Å². The van der Waals surface area contributed by atoms with Gasteiger partial charge < -0.3 is 14.6 Å². The van der Waals surface area contributed by atoms with E-state index in [1.807, 2.05) is 6.07 Å². The first-order valence-electron chi connectivity index (χ1n) is 5.91. The summed E-state index contributed by atoms with van der Waals surface area (Å²) >= 11 is 0. The van der Waals surface area contributed by atoms with Gasteiger partial charge in [0.15, 0.2) is 5.82 Å². The lowest BCUT2D eigenvalue weighted by Crippen LogP contribution is -2.17. The van der Waals surface area contributed by atoms with Gasteiger partial charge in [-0.05, 0) is 11.1 Å². The van der Waals surface area contributed by atoms with E-state index in [-0.39, 0.29) is 0 Å². The highest BCUT2D eigenvalue weighted by atomic mass is 16.5. The van der Waals surface area contributed by atoms with Gasteiger partial charge >= 0.3 is 0 Å². The zero-order chi connectivity index (χ0) is 12.6. The van der Waals surface area contributed by atoms with Gasteiger partial charge in [0.2, 0.25) is 6.39 Å². The maximum atomic E-state index is 5.11. The van der Waals surface area contributed by atoms with Crippen molar-refractivity contribution in [1.82, 2.24) is 15.5 Å². The maximum absolute atomic E-state index is 5.11. The van der Waals surface area contributed by atoms with Crippen molar-refractivity contribution in [2.75, 3.05) is 13.7 Å². The average Bonchev–Trinajstić information content (AvgIpc) is 2.89. The van der Waals surface area contributed by atoms with Crippen LogP contribution in [0, 0.1) is 0 Å². The van der Waals surface area contributed by atoms with E-state index in [0.29, 0.717) is 6.61 Å². The average molecular weight is 247 g/mol. The molecule has 0 aliphatic carbocycles. The van der Waals surface area contributed by atoms with E-state index in [1.54, 1.807) is 7.11 Å². The molecule has 96 valence electrons. The van der Waals surface area contributed by atoms with E-state index in [4.69, 9.17) is 4.74 Å². The summed E-state index contributed by atoms with van der Waals surface area (Å²) in [5.74, 6) is 0.732. The summed E-state index contributed by atoms with van der Waals surface area (Å²) in [4.78, 5) is 3.96. The molecule has 1 aromatic carbocycles. The van der Waals surface area contributed by atoms with Crippen molar-refractivity contribution in [3.63, 3.8) is 0 Å². The largest absolute Gasteiger partial charge is 0.380 e. The molecule has 1 aromatic heterocycles. The van der Waals surface area contributed by atoms with Crippen molar-refractivity contribution in [3.05, 3.63) is 47.6 Å². The SMILES string of the molecule is COCc1cccc(CNCCc2ncon2)c1. The van der Waals surface area contributed by atoms with E-state index in [2.05, 4.69) is 38.2 Å². The van der Waals surface area contributed by atoms with Crippen LogP contribution >= 0.6 is 0 Å². The lowest BCUT2D eigenvalue weighted by molar-refractivity contribution is 0.185. The molecule has 2 rings (SSSR count). The zero-order valence-corrected chi connectivity index (χ0v) is 10.4. The second-order valence-corrected chi connectivity index (χ2v) is 4.03. The number of methoxy groups -OCH3 is 1. The fourth-order valence-corrected chi connectivity index (χ4v) is 1.73. The monoisotopic (exact) mass is 247 g/mol. The van der Waals surface area contributed by atoms with Crippen LogP contribution in [0.3, 0.4) is 0 Å². The number of hydrogen-bond donors (Lipinski definition) is 1. The molecule has 0 fully saturated rings. The molecule has 0 saturated heterocycles. The lowest BCUT2D eigenvalue weighted by atomic mass is 10.1. The van der Waals surface area contributed by atoms with E-state index in [0.717, 1.165) is 25.3 Å². The van der Waals surface area contributed by atoms with E-state index in [9.17, 15) is 0 Å². The Morgan fingerprint density at radius 3 is 3.00 bits per heavy atom. The second-order valence-electron chi connectivity index (χ2n) is 4.03. The van der Waals surface area contributed by atoms with Gasteiger partial charge in [-0.15, -0.1) is 0 Å². The Morgan fingerprint density at radius 2 is 2.22 bits per heavy atom. The Kier molecular flexibility index (Phi) is 4.87. The van der Waals surface area contributed by atoms with Crippen molar-refractivity contribution in [3.8, 4) is 0 Å². The summed E-state index contributed by atoms with van der Waals surface area (Å²) in [6.45, 7) is 2.31. The molecule has 0 atom stereocenters. The van der Waals surface area contributed by atoms with Crippen molar-refractivity contribution in [2.45, 2.75) is 19.6 Å². The third kappa shape index (κ3) is 3.94. The molecule has 5 heteroatoms. The van der Waals surface area contributed by atoms with E-state index >= 15 is 0 Å². The molecule has 0 bridgehead atoms. The molecule has 2 aromatic rings. The summed E-state index contributed by atoms with van der Waals surface area (Å²) in [7, 11) is 1.70. The number of benzene rings is 1. The summed E-state index contributed by atoms with van der Waals surface area (Å²) < 4.78 is 9.78. The molecular formula is C13H17N3O2. The van der Waals surface area contributed by atoms with E-state index < -0.39 is 0 Å². The number of aromatic nitrogens is 2. The van der Waals surface area contributed by atoms with Gasteiger partial charge in [-0.2, -0.15) is 4.98 Å². The molecule has 1 heterocycles. The fraction of sp³-hybridized carbons (Fsp3) is 0.385. The highest BCUT2D eigenvalue weighted by Gasteiger charge is 1.99. The Morgan fingerprint density at radius 1 is 1.33 bits per heavy atom. The fourth-order valence-electron chi connectivity index (χ4n) is 1.73. The van der Waals surface area contributed by atoms with Gasteiger partial charge in [0.1, 0.15) is 0 Å². The Labute approximate surface area is 106 Å². The highest BCUT2D eigenvalue weighted by molar-refractivity contribution is 5.22. The van der Waals surface area contributed by atoms with Gasteiger partial charge in [0.25, 0.3) is 0 Å². The molecule has 0 radical (unpaired) electrons. The molecule has 0 aliphatic heterocycles. The molecular weight excluding hydrogens is 230 g/mol. The predicted octanol–water partition coefficient (Wildman–Crippen LogP) is 1.55. The van der Waals surface area contributed by atoms with Crippen LogP contribution in [0.15, 0.2) is 35.2 Å². The van der Waals surface area contributed by atoms with Gasteiger partial charge in [-0.25, -0.2) is 0 Å². The van der Waals surface area contributed by atoms with Gasteiger partial charge in [0.05, 0.1) is 6.61 Å². The highest BCUT2D eigenvalue weighted by Crippen LogP contribution is 2.06. The standard InChI is InChI=1S/C13H17N3O2/c1-17-9-12-4-2-3-11(7-12)8-14-6-5-13-15-10-18-16-13/h2-4,7,10,14H,5-6,8-9H2,1H3. The summed E-state index contributed by atoms with van der Waals surface area (Å²) in [5.41, 5.74) is 2.44. The number of rotatable bonds is 7. The first kappa shape index (κ1) is 12.7. The molecule has 0 amide bonds. The first-order valence-corrected chi connectivity index (χ1v) is 5.91. The van der Waals surface area contributed by atoms with Crippen molar-refractivity contribution in [1.29, 1.82) is 0 Å². The van der Waals surface area contributed by atoms with Gasteiger partial charge in [-0.3, -0.25) is 0 Å². The van der Waals surface area contributed by atoms with Crippen LogP contribution in [-0.2, 0) is 24.3 Å². The number of nitrogens with one attached hydrogen (secondary N) is 1. The molecule has 5 nitrogen and oxygen atoms in total. The predicted molar refractivity (Wildman–Crippen MR) is 66.9 cm³/mol. The lowest BCUT2D eigenvalue weighted by Gasteiger charge is -2.06. The van der Waals surface area contributed by atoms with Crippen molar-refractivity contribution < 1.29 is 9.26 Å². The van der Waals surface area contributed by atoms with Crippen LogP contribution in [0.4, 0.5) is 0 Å². The minimum absolute atomic E-state index is 0.650. The summed E-state index contributed by atoms with van der Waals surface area (Å²) in [6.07, 6.45) is 2.12. The minimum Gasteiger partial charge on any atom is -0.380 e. The minimum atomic E-state index is 0.650. The molecule has 18 heavy (non-hydrogen) atoms. The van der Waals surface area contributed by atoms with Crippen LogP contribution < -0.4 is 5.32 Å². The third-order valence-corrected chi connectivity index (χ3v) is 2.56. The molecule has 0 spiro atoms. The second kappa shape index (κ2) is 6.88. The third-order valence-electron chi connectivity index (χ3n) is 2.56. The first-order chi connectivity index (χ1) is 8.88. The van der Waals surface area contributed by atoms with Crippen molar-refractivity contribution >= 4 is 0 Å². The molecule has 0 aliphatic rings. The van der Waals surface area contributed by atoms with Crippen LogP contribution in [-0.4, -0.2) is 23.8 Å². The molecule has 1 N–H and O–H groups in total. The smallest absolute Gasteiger partial charge is 0.213 e. The van der Waals surface area contributed by atoms with E-state index in [1.165, 1.54) is 17.5 Å².